The third kappa shape index (κ3) is 4.10. The van der Waals surface area contributed by atoms with Crippen LogP contribution >= 0.6 is 0 Å². The highest BCUT2D eigenvalue weighted by molar-refractivity contribution is 7.90. The Labute approximate surface area is 89.6 Å². The van der Waals surface area contributed by atoms with Crippen molar-refractivity contribution in [1.82, 2.24) is 0 Å². The molecule has 0 spiro atoms. The molecule has 1 aliphatic rings. The second-order valence-corrected chi connectivity index (χ2v) is 4.44. The minimum absolute atomic E-state index is 0.146. The fourth-order valence-corrected chi connectivity index (χ4v) is 1.61. The van der Waals surface area contributed by atoms with E-state index in [1.807, 2.05) is 12.2 Å². The van der Waals surface area contributed by atoms with Crippen LogP contribution in [-0.2, 0) is 10.1 Å². The van der Waals surface area contributed by atoms with E-state index in [0.29, 0.717) is 12.0 Å². The molecule has 4 heteroatoms. The predicted molar refractivity (Wildman–Crippen MR) is 60.8 cm³/mol. The largest absolute Gasteiger partial charge is 0.294 e. The summed E-state index contributed by atoms with van der Waals surface area (Å²) in [6.45, 7) is 3.65. The maximum Gasteiger partial charge on any atom is 0.294 e. The van der Waals surface area contributed by atoms with Crippen LogP contribution in [0.15, 0.2) is 59.6 Å². The number of hydrogen-bond donors (Lipinski definition) is 1. The molecule has 0 fully saturated rings. The summed E-state index contributed by atoms with van der Waals surface area (Å²) in [5, 5.41) is 0. The Morgan fingerprint density at radius 3 is 2.60 bits per heavy atom. The minimum Gasteiger partial charge on any atom is -0.282 e. The summed E-state index contributed by atoms with van der Waals surface area (Å²) in [7, 11) is -4.17. The quantitative estimate of drug-likeness (QED) is 0.696. The van der Waals surface area contributed by atoms with E-state index >= 15 is 0 Å². The van der Waals surface area contributed by atoms with E-state index in [9.17, 15) is 8.42 Å². The number of hydrogen-bond acceptors (Lipinski definition) is 2. The average Bonchev–Trinajstić information content (AvgIpc) is 2.13. The van der Waals surface area contributed by atoms with Gasteiger partial charge in [-0.25, -0.2) is 0 Å². The number of rotatable bonds is 1. The van der Waals surface area contributed by atoms with Crippen molar-refractivity contribution in [2.75, 3.05) is 0 Å². The molecule has 0 aliphatic heterocycles. The molecular formula is C11H12O3S. The van der Waals surface area contributed by atoms with Gasteiger partial charge in [0.15, 0.2) is 0 Å². The molecule has 1 N–H and O–H groups in total. The monoisotopic (exact) mass is 224 g/mol. The molecule has 0 saturated heterocycles. The molecule has 1 rings (SSSR count). The normalized spacial score (nSPS) is 24.1. The summed E-state index contributed by atoms with van der Waals surface area (Å²) in [5.41, 5.74) is 0.513. The lowest BCUT2D eigenvalue weighted by Gasteiger charge is -1.99. The van der Waals surface area contributed by atoms with Gasteiger partial charge in [0.1, 0.15) is 0 Å². The highest BCUT2D eigenvalue weighted by Gasteiger charge is 2.09. The first-order chi connectivity index (χ1) is 7.00. The summed E-state index contributed by atoms with van der Waals surface area (Å²) in [6, 6.07) is 0. The third-order valence-electron chi connectivity index (χ3n) is 1.74. The lowest BCUT2D eigenvalue weighted by molar-refractivity contribution is 0.492. The molecular weight excluding hydrogens is 212 g/mol. The smallest absolute Gasteiger partial charge is 0.282 e. The van der Waals surface area contributed by atoms with E-state index in [0.717, 1.165) is 0 Å². The zero-order valence-electron chi connectivity index (χ0n) is 8.13. The van der Waals surface area contributed by atoms with Gasteiger partial charge in [0, 0.05) is 0 Å². The van der Waals surface area contributed by atoms with Crippen molar-refractivity contribution in [2.45, 2.75) is 6.42 Å². The van der Waals surface area contributed by atoms with Crippen LogP contribution in [0.1, 0.15) is 6.42 Å². The highest BCUT2D eigenvalue weighted by atomic mass is 32.2. The van der Waals surface area contributed by atoms with Gasteiger partial charge in [0.05, 0.1) is 4.91 Å². The van der Waals surface area contributed by atoms with Crippen LogP contribution in [0.2, 0.25) is 0 Å². The SMILES string of the molecule is C=C1C=C(S(=O)(=O)O)/C=C\C/C=C\C=C/1. The summed E-state index contributed by atoms with van der Waals surface area (Å²) < 4.78 is 30.8. The van der Waals surface area contributed by atoms with Crippen molar-refractivity contribution in [3.63, 3.8) is 0 Å². The number of allylic oxidation sites excluding steroid dienone is 8. The van der Waals surface area contributed by atoms with Crippen LogP contribution in [-0.4, -0.2) is 13.0 Å². The van der Waals surface area contributed by atoms with Crippen molar-refractivity contribution < 1.29 is 13.0 Å². The standard InChI is InChI=1S/C11H12O3S/c1-10-7-5-3-2-4-6-8-11(9-10)15(12,13)14/h2-3,5-9H,1,4H2,(H,12,13,14)/b3-2-,7-5-,8-6-,11-9?. The second-order valence-electron chi connectivity index (χ2n) is 3.02. The van der Waals surface area contributed by atoms with Crippen LogP contribution in [0, 0.1) is 0 Å². The van der Waals surface area contributed by atoms with Gasteiger partial charge < -0.3 is 0 Å². The molecule has 0 unspecified atom stereocenters. The van der Waals surface area contributed by atoms with Crippen LogP contribution < -0.4 is 0 Å². The van der Waals surface area contributed by atoms with Gasteiger partial charge in [0.2, 0.25) is 0 Å². The molecule has 0 heterocycles. The molecule has 15 heavy (non-hydrogen) atoms. The maximum atomic E-state index is 10.9. The van der Waals surface area contributed by atoms with Gasteiger partial charge in [-0.3, -0.25) is 4.55 Å². The van der Waals surface area contributed by atoms with E-state index < -0.39 is 10.1 Å². The van der Waals surface area contributed by atoms with E-state index in [1.54, 1.807) is 18.2 Å². The molecule has 0 aromatic rings. The van der Waals surface area contributed by atoms with Gasteiger partial charge >= 0.3 is 0 Å². The Morgan fingerprint density at radius 1 is 1.20 bits per heavy atom. The van der Waals surface area contributed by atoms with Crippen molar-refractivity contribution >= 4 is 10.1 Å². The van der Waals surface area contributed by atoms with Gasteiger partial charge in [0.25, 0.3) is 10.1 Å². The first kappa shape index (κ1) is 11.7. The van der Waals surface area contributed by atoms with Crippen LogP contribution in [0.25, 0.3) is 0 Å². The average molecular weight is 224 g/mol. The molecule has 80 valence electrons. The lowest BCUT2D eigenvalue weighted by atomic mass is 10.2. The zero-order valence-corrected chi connectivity index (χ0v) is 8.94. The fraction of sp³-hybridized carbons (Fsp3) is 0.0909. The molecule has 1 aliphatic carbocycles. The molecule has 0 aromatic heterocycles. The van der Waals surface area contributed by atoms with E-state index in [2.05, 4.69) is 6.58 Å². The molecule has 0 bridgehead atoms. The molecule has 3 nitrogen and oxygen atoms in total. The first-order valence-electron chi connectivity index (χ1n) is 4.38. The maximum absolute atomic E-state index is 10.9. The summed E-state index contributed by atoms with van der Waals surface area (Å²) >= 11 is 0. The Morgan fingerprint density at radius 2 is 1.93 bits per heavy atom. The summed E-state index contributed by atoms with van der Waals surface area (Å²) in [6.07, 6.45) is 12.1. The van der Waals surface area contributed by atoms with Crippen molar-refractivity contribution in [3.8, 4) is 0 Å². The van der Waals surface area contributed by atoms with Crippen molar-refractivity contribution in [2.24, 2.45) is 0 Å². The fourth-order valence-electron chi connectivity index (χ4n) is 1.04. The van der Waals surface area contributed by atoms with E-state index in [1.165, 1.54) is 12.2 Å². The van der Waals surface area contributed by atoms with Gasteiger partial charge in [-0.15, -0.1) is 0 Å². The van der Waals surface area contributed by atoms with Crippen LogP contribution in [0.3, 0.4) is 0 Å². The summed E-state index contributed by atoms with van der Waals surface area (Å²) in [5.74, 6) is 0. The zero-order chi connectivity index (χ0) is 11.3. The topological polar surface area (TPSA) is 54.4 Å². The highest BCUT2D eigenvalue weighted by Crippen LogP contribution is 2.12. The molecule has 0 atom stereocenters. The van der Waals surface area contributed by atoms with Gasteiger partial charge in [-0.1, -0.05) is 37.0 Å². The van der Waals surface area contributed by atoms with E-state index in [4.69, 9.17) is 4.55 Å². The Balaban J connectivity index is 3.13. The molecule has 0 aromatic carbocycles. The molecule has 0 saturated carbocycles. The minimum atomic E-state index is -4.17. The van der Waals surface area contributed by atoms with Crippen molar-refractivity contribution in [3.05, 3.63) is 59.6 Å². The van der Waals surface area contributed by atoms with Crippen LogP contribution in [0.4, 0.5) is 0 Å². The second kappa shape index (κ2) is 4.91. The lowest BCUT2D eigenvalue weighted by Crippen LogP contribution is -1.99. The summed E-state index contributed by atoms with van der Waals surface area (Å²) in [4.78, 5) is -0.146. The Kier molecular flexibility index (Phi) is 3.82. The van der Waals surface area contributed by atoms with Gasteiger partial charge in [-0.2, -0.15) is 8.42 Å². The molecule has 0 amide bonds. The van der Waals surface area contributed by atoms with Crippen LogP contribution in [0.5, 0.6) is 0 Å². The first-order valence-corrected chi connectivity index (χ1v) is 5.82. The third-order valence-corrected chi connectivity index (χ3v) is 2.59. The molecule has 0 radical (unpaired) electrons. The Hall–Kier alpha value is -1.39. The van der Waals surface area contributed by atoms with Gasteiger partial charge in [-0.05, 0) is 24.1 Å². The Bertz CT molecular complexity index is 462. The predicted octanol–water partition coefficient (Wildman–Crippen LogP) is 2.39. The van der Waals surface area contributed by atoms with E-state index in [-0.39, 0.29) is 4.91 Å². The van der Waals surface area contributed by atoms with Crippen molar-refractivity contribution in [1.29, 1.82) is 0 Å².